The van der Waals surface area contributed by atoms with Crippen molar-refractivity contribution in [1.29, 1.82) is 0 Å². The molecule has 16 heavy (non-hydrogen) atoms. The number of hydrogen-bond acceptors (Lipinski definition) is 2. The van der Waals surface area contributed by atoms with Gasteiger partial charge in [0.2, 0.25) is 0 Å². The molecular formula is C12H9NaO2S. The van der Waals surface area contributed by atoms with E-state index in [-0.39, 0.29) is 29.6 Å². The van der Waals surface area contributed by atoms with Gasteiger partial charge < -0.3 is 4.55 Å². The molecular weight excluding hydrogens is 231 g/mol. The number of benzene rings is 2. The van der Waals surface area contributed by atoms with Crippen molar-refractivity contribution in [3.63, 3.8) is 0 Å². The molecule has 1 unspecified atom stereocenters. The smallest absolute Gasteiger partial charge is 0.768 e. The van der Waals surface area contributed by atoms with Gasteiger partial charge >= 0.3 is 29.6 Å². The van der Waals surface area contributed by atoms with Crippen LogP contribution in [0, 0.1) is 0 Å². The van der Waals surface area contributed by atoms with E-state index in [0.717, 1.165) is 11.1 Å². The van der Waals surface area contributed by atoms with Crippen LogP contribution in [-0.2, 0) is 11.1 Å². The number of rotatable bonds is 2. The molecule has 76 valence electrons. The van der Waals surface area contributed by atoms with Gasteiger partial charge in [0.15, 0.2) is 0 Å². The average molecular weight is 240 g/mol. The fourth-order valence-corrected chi connectivity index (χ4v) is 1.82. The summed E-state index contributed by atoms with van der Waals surface area (Å²) < 4.78 is 21.6. The van der Waals surface area contributed by atoms with Gasteiger partial charge in [-0.05, 0) is 34.3 Å². The van der Waals surface area contributed by atoms with E-state index in [1.807, 2.05) is 36.4 Å². The van der Waals surface area contributed by atoms with Crippen LogP contribution in [-0.4, -0.2) is 8.76 Å². The van der Waals surface area contributed by atoms with E-state index in [0.29, 0.717) is 4.90 Å². The van der Waals surface area contributed by atoms with Crippen LogP contribution in [0.5, 0.6) is 0 Å². The van der Waals surface area contributed by atoms with Crippen molar-refractivity contribution in [2.75, 3.05) is 0 Å². The minimum absolute atomic E-state index is 0. The maximum Gasteiger partial charge on any atom is 1.00 e. The molecule has 2 nitrogen and oxygen atoms in total. The second kappa shape index (κ2) is 6.33. The molecule has 0 saturated carbocycles. The predicted molar refractivity (Wildman–Crippen MR) is 59.1 cm³/mol. The quantitative estimate of drug-likeness (QED) is 0.529. The van der Waals surface area contributed by atoms with Gasteiger partial charge in [-0.3, -0.25) is 4.21 Å². The van der Waals surface area contributed by atoms with Gasteiger partial charge in [0.1, 0.15) is 0 Å². The Hall–Kier alpha value is -0.450. The second-order valence-corrected chi connectivity index (χ2v) is 4.07. The first-order valence-corrected chi connectivity index (χ1v) is 5.59. The molecule has 0 aliphatic heterocycles. The van der Waals surface area contributed by atoms with E-state index in [1.54, 1.807) is 18.2 Å². The Labute approximate surface area is 119 Å². The molecule has 0 aromatic heterocycles. The summed E-state index contributed by atoms with van der Waals surface area (Å²) in [4.78, 5) is 0.316. The van der Waals surface area contributed by atoms with Gasteiger partial charge in [-0.2, -0.15) is 0 Å². The molecule has 2 aromatic carbocycles. The zero-order valence-electron chi connectivity index (χ0n) is 8.92. The summed E-state index contributed by atoms with van der Waals surface area (Å²) in [5.74, 6) is 0. The van der Waals surface area contributed by atoms with Crippen molar-refractivity contribution < 1.29 is 38.3 Å². The molecule has 2 rings (SSSR count). The topological polar surface area (TPSA) is 40.1 Å². The largest absolute Gasteiger partial charge is 1.00 e. The molecule has 0 aliphatic rings. The third-order valence-corrected chi connectivity index (χ3v) is 2.77. The van der Waals surface area contributed by atoms with Gasteiger partial charge in [0.05, 0.1) is 0 Å². The van der Waals surface area contributed by atoms with Crippen LogP contribution in [0.15, 0.2) is 59.5 Å². The summed E-state index contributed by atoms with van der Waals surface area (Å²) in [6, 6.07) is 16.6. The molecule has 4 heteroatoms. The third-order valence-electron chi connectivity index (χ3n) is 2.13. The zero-order chi connectivity index (χ0) is 10.7. The fraction of sp³-hybridized carbons (Fsp3) is 0. The SMILES string of the molecule is O=S([O-])c1cccc(-c2ccccc2)c1.[Na+]. The van der Waals surface area contributed by atoms with E-state index in [9.17, 15) is 8.76 Å². The van der Waals surface area contributed by atoms with E-state index in [2.05, 4.69) is 0 Å². The van der Waals surface area contributed by atoms with Crippen LogP contribution in [0.3, 0.4) is 0 Å². The van der Waals surface area contributed by atoms with E-state index in [1.165, 1.54) is 0 Å². The molecule has 0 bridgehead atoms. The summed E-state index contributed by atoms with van der Waals surface area (Å²) in [6.07, 6.45) is 0. The Morgan fingerprint density at radius 1 is 0.875 bits per heavy atom. The van der Waals surface area contributed by atoms with Crippen LogP contribution in [0.4, 0.5) is 0 Å². The number of hydrogen-bond donors (Lipinski definition) is 0. The van der Waals surface area contributed by atoms with Gasteiger partial charge in [-0.15, -0.1) is 0 Å². The normalized spacial score (nSPS) is 11.6. The summed E-state index contributed by atoms with van der Waals surface area (Å²) in [6.45, 7) is 0. The monoisotopic (exact) mass is 240 g/mol. The van der Waals surface area contributed by atoms with Gasteiger partial charge in [-0.25, -0.2) is 0 Å². The van der Waals surface area contributed by atoms with Crippen LogP contribution in [0.25, 0.3) is 11.1 Å². The van der Waals surface area contributed by atoms with Crippen LogP contribution in [0.1, 0.15) is 0 Å². The maximum absolute atomic E-state index is 10.8. The Kier molecular flexibility index (Phi) is 5.38. The Bertz CT molecular complexity index is 485. The Balaban J connectivity index is 0.00000128. The van der Waals surface area contributed by atoms with Crippen molar-refractivity contribution in [3.8, 4) is 11.1 Å². The van der Waals surface area contributed by atoms with Crippen molar-refractivity contribution in [2.45, 2.75) is 4.90 Å². The summed E-state index contributed by atoms with van der Waals surface area (Å²) >= 11 is -2.16. The maximum atomic E-state index is 10.8. The molecule has 1 atom stereocenters. The third kappa shape index (κ3) is 3.27. The molecule has 2 aromatic rings. The van der Waals surface area contributed by atoms with E-state index >= 15 is 0 Å². The summed E-state index contributed by atoms with van der Waals surface area (Å²) in [7, 11) is 0. The van der Waals surface area contributed by atoms with Crippen molar-refractivity contribution in [3.05, 3.63) is 54.6 Å². The minimum Gasteiger partial charge on any atom is -0.768 e. The summed E-state index contributed by atoms with van der Waals surface area (Å²) in [5, 5.41) is 0. The standard InChI is InChI=1S/C12H10O2S.Na/c13-15(14)12-8-4-7-11(9-12)10-5-2-1-3-6-10;/h1-9H,(H,13,14);/q;+1/p-1. The van der Waals surface area contributed by atoms with Crippen LogP contribution in [0.2, 0.25) is 0 Å². The molecule has 0 radical (unpaired) electrons. The Morgan fingerprint density at radius 3 is 2.12 bits per heavy atom. The molecule has 0 saturated heterocycles. The average Bonchev–Trinajstić information content (AvgIpc) is 2.30. The molecule has 0 aliphatic carbocycles. The molecule has 0 heterocycles. The summed E-state index contributed by atoms with van der Waals surface area (Å²) in [5.41, 5.74) is 1.93. The van der Waals surface area contributed by atoms with Crippen LogP contribution < -0.4 is 29.6 Å². The first-order chi connectivity index (χ1) is 7.27. The molecule has 0 N–H and O–H groups in total. The fourth-order valence-electron chi connectivity index (χ4n) is 1.41. The van der Waals surface area contributed by atoms with Gasteiger partial charge in [-0.1, -0.05) is 42.5 Å². The molecule has 0 spiro atoms. The predicted octanol–water partition coefficient (Wildman–Crippen LogP) is -0.404. The van der Waals surface area contributed by atoms with Gasteiger partial charge in [0.25, 0.3) is 0 Å². The van der Waals surface area contributed by atoms with E-state index < -0.39 is 11.1 Å². The first kappa shape index (κ1) is 13.6. The second-order valence-electron chi connectivity index (χ2n) is 3.13. The molecule has 0 amide bonds. The van der Waals surface area contributed by atoms with Crippen molar-refractivity contribution >= 4 is 11.1 Å². The van der Waals surface area contributed by atoms with Crippen molar-refractivity contribution in [2.24, 2.45) is 0 Å². The first-order valence-electron chi connectivity index (χ1n) is 4.52. The van der Waals surface area contributed by atoms with Crippen LogP contribution >= 0.6 is 0 Å². The molecule has 0 fully saturated rings. The zero-order valence-corrected chi connectivity index (χ0v) is 11.7. The van der Waals surface area contributed by atoms with Gasteiger partial charge in [0, 0.05) is 4.90 Å². The minimum atomic E-state index is -2.16. The van der Waals surface area contributed by atoms with Crippen molar-refractivity contribution in [1.82, 2.24) is 0 Å². The van der Waals surface area contributed by atoms with E-state index in [4.69, 9.17) is 0 Å². The Morgan fingerprint density at radius 2 is 1.50 bits per heavy atom.